The molecule has 1 saturated heterocycles. The van der Waals surface area contributed by atoms with Crippen molar-refractivity contribution in [1.82, 2.24) is 4.90 Å². The number of rotatable bonds is 1. The van der Waals surface area contributed by atoms with E-state index in [0.29, 0.717) is 0 Å². The van der Waals surface area contributed by atoms with Gasteiger partial charge in [-0.15, -0.1) is 0 Å². The first-order valence-electron chi connectivity index (χ1n) is 6.46. The van der Waals surface area contributed by atoms with E-state index in [2.05, 4.69) is 18.7 Å². The summed E-state index contributed by atoms with van der Waals surface area (Å²) in [5.41, 5.74) is 0.781. The zero-order valence-electron chi connectivity index (χ0n) is 9.89. The summed E-state index contributed by atoms with van der Waals surface area (Å²) in [6, 6.07) is 0.760. The highest BCUT2D eigenvalue weighted by molar-refractivity contribution is 4.88. The van der Waals surface area contributed by atoms with Crippen molar-refractivity contribution >= 4 is 0 Å². The zero-order valence-corrected chi connectivity index (χ0v) is 9.89. The third-order valence-electron chi connectivity index (χ3n) is 4.50. The van der Waals surface area contributed by atoms with Crippen LogP contribution in [0.2, 0.25) is 0 Å². The largest absolute Gasteiger partial charge is 0.301 e. The van der Waals surface area contributed by atoms with Crippen molar-refractivity contribution in [2.75, 3.05) is 13.1 Å². The van der Waals surface area contributed by atoms with Crippen LogP contribution >= 0.6 is 0 Å². The molecule has 0 aromatic carbocycles. The lowest BCUT2D eigenvalue weighted by Crippen LogP contribution is -2.43. The Balaban J connectivity index is 1.87. The molecule has 1 saturated carbocycles. The van der Waals surface area contributed by atoms with Crippen molar-refractivity contribution in [1.29, 1.82) is 0 Å². The first-order chi connectivity index (χ1) is 6.72. The average Bonchev–Trinajstić information content (AvgIpc) is 2.19. The van der Waals surface area contributed by atoms with Gasteiger partial charge in [0.1, 0.15) is 0 Å². The van der Waals surface area contributed by atoms with E-state index in [0.717, 1.165) is 11.5 Å². The summed E-state index contributed by atoms with van der Waals surface area (Å²) >= 11 is 0. The predicted octanol–water partition coefficient (Wildman–Crippen LogP) is 3.44. The third kappa shape index (κ3) is 2.13. The van der Waals surface area contributed by atoms with Crippen molar-refractivity contribution < 1.29 is 0 Å². The lowest BCUT2D eigenvalue weighted by Gasteiger charge is -2.45. The van der Waals surface area contributed by atoms with E-state index in [1.54, 1.807) is 0 Å². The molecule has 82 valence electrons. The van der Waals surface area contributed by atoms with Crippen LogP contribution in [-0.2, 0) is 0 Å². The van der Waals surface area contributed by atoms with Gasteiger partial charge in [0.2, 0.25) is 0 Å². The molecule has 0 amide bonds. The van der Waals surface area contributed by atoms with Gasteiger partial charge in [-0.1, -0.05) is 19.3 Å². The van der Waals surface area contributed by atoms with Crippen LogP contribution < -0.4 is 0 Å². The quantitative estimate of drug-likeness (QED) is 0.619. The molecule has 0 radical (unpaired) electrons. The lowest BCUT2D eigenvalue weighted by atomic mass is 9.68. The molecule has 0 unspecified atom stereocenters. The molecule has 2 aliphatic rings. The minimum Gasteiger partial charge on any atom is -0.301 e. The van der Waals surface area contributed by atoms with Gasteiger partial charge in [0.15, 0.2) is 0 Å². The molecule has 2 fully saturated rings. The van der Waals surface area contributed by atoms with E-state index in [9.17, 15) is 0 Å². The predicted molar refractivity (Wildman–Crippen MR) is 61.5 cm³/mol. The molecule has 1 heteroatoms. The molecule has 0 atom stereocenters. The number of nitrogens with zero attached hydrogens (tertiary/aromatic N) is 1. The fraction of sp³-hybridized carbons (Fsp3) is 1.00. The van der Waals surface area contributed by atoms with Crippen LogP contribution in [0.15, 0.2) is 0 Å². The second-order valence-corrected chi connectivity index (χ2v) is 5.69. The van der Waals surface area contributed by atoms with Gasteiger partial charge in [0.05, 0.1) is 0 Å². The Bertz CT molecular complexity index is 170. The van der Waals surface area contributed by atoms with Gasteiger partial charge in [-0.25, -0.2) is 0 Å². The first kappa shape index (κ1) is 10.5. The molecular weight excluding hydrogens is 170 g/mol. The Morgan fingerprint density at radius 1 is 0.857 bits per heavy atom. The van der Waals surface area contributed by atoms with Crippen LogP contribution in [0, 0.1) is 5.41 Å². The van der Waals surface area contributed by atoms with Crippen LogP contribution in [0.3, 0.4) is 0 Å². The summed E-state index contributed by atoms with van der Waals surface area (Å²) in [5, 5.41) is 0. The summed E-state index contributed by atoms with van der Waals surface area (Å²) in [5.74, 6) is 0. The molecule has 1 spiro atoms. The van der Waals surface area contributed by atoms with Gasteiger partial charge >= 0.3 is 0 Å². The van der Waals surface area contributed by atoms with Crippen LogP contribution in [0.1, 0.15) is 58.8 Å². The summed E-state index contributed by atoms with van der Waals surface area (Å²) in [4.78, 5) is 2.65. The maximum Gasteiger partial charge on any atom is 0.00385 e. The number of piperidine rings is 1. The summed E-state index contributed by atoms with van der Waals surface area (Å²) < 4.78 is 0. The Hall–Kier alpha value is -0.0400. The van der Waals surface area contributed by atoms with Crippen LogP contribution in [-0.4, -0.2) is 24.0 Å². The Kier molecular flexibility index (Phi) is 3.16. The molecule has 2 rings (SSSR count). The molecule has 14 heavy (non-hydrogen) atoms. The summed E-state index contributed by atoms with van der Waals surface area (Å²) in [6.45, 7) is 7.38. The Morgan fingerprint density at radius 2 is 1.43 bits per heavy atom. The molecule has 1 aliphatic heterocycles. The zero-order chi connectivity index (χ0) is 10.0. The van der Waals surface area contributed by atoms with Gasteiger partial charge in [-0.2, -0.15) is 0 Å². The Labute approximate surface area is 88.9 Å². The van der Waals surface area contributed by atoms with Crippen molar-refractivity contribution in [3.63, 3.8) is 0 Å². The molecule has 1 aliphatic carbocycles. The fourth-order valence-corrected chi connectivity index (χ4v) is 3.32. The van der Waals surface area contributed by atoms with E-state index in [4.69, 9.17) is 0 Å². The molecule has 1 nitrogen and oxygen atoms in total. The third-order valence-corrected chi connectivity index (χ3v) is 4.50. The molecule has 0 aromatic heterocycles. The standard InChI is InChI=1S/C13H25N/c1-12(2)14-10-8-13(9-11-14)6-4-3-5-7-13/h12H,3-11H2,1-2H3. The van der Waals surface area contributed by atoms with Gasteiger partial charge < -0.3 is 4.90 Å². The normalized spacial score (nSPS) is 28.5. The summed E-state index contributed by atoms with van der Waals surface area (Å²) in [7, 11) is 0. The van der Waals surface area contributed by atoms with Gasteiger partial charge in [-0.3, -0.25) is 0 Å². The molecular formula is C13H25N. The number of hydrogen-bond acceptors (Lipinski definition) is 1. The topological polar surface area (TPSA) is 3.24 Å². The number of likely N-dealkylation sites (tertiary alicyclic amines) is 1. The second kappa shape index (κ2) is 4.22. The minimum atomic E-state index is 0.760. The Morgan fingerprint density at radius 3 is 1.93 bits per heavy atom. The van der Waals surface area contributed by atoms with Crippen LogP contribution in [0.25, 0.3) is 0 Å². The van der Waals surface area contributed by atoms with Crippen LogP contribution in [0.5, 0.6) is 0 Å². The minimum absolute atomic E-state index is 0.760. The van der Waals surface area contributed by atoms with Crippen molar-refractivity contribution in [2.24, 2.45) is 5.41 Å². The highest BCUT2D eigenvalue weighted by atomic mass is 15.2. The highest BCUT2D eigenvalue weighted by Gasteiger charge is 2.35. The molecule has 0 aromatic rings. The highest BCUT2D eigenvalue weighted by Crippen LogP contribution is 2.44. The molecule has 0 N–H and O–H groups in total. The van der Waals surface area contributed by atoms with E-state index < -0.39 is 0 Å². The van der Waals surface area contributed by atoms with Crippen LogP contribution in [0.4, 0.5) is 0 Å². The average molecular weight is 195 g/mol. The maximum atomic E-state index is 2.65. The maximum absolute atomic E-state index is 2.65. The van der Waals surface area contributed by atoms with E-state index in [1.165, 1.54) is 58.0 Å². The smallest absolute Gasteiger partial charge is 0.00385 e. The second-order valence-electron chi connectivity index (χ2n) is 5.69. The fourth-order valence-electron chi connectivity index (χ4n) is 3.32. The first-order valence-corrected chi connectivity index (χ1v) is 6.46. The van der Waals surface area contributed by atoms with Gasteiger partial charge in [-0.05, 0) is 58.0 Å². The van der Waals surface area contributed by atoms with E-state index in [1.807, 2.05) is 0 Å². The van der Waals surface area contributed by atoms with Gasteiger partial charge in [0.25, 0.3) is 0 Å². The van der Waals surface area contributed by atoms with Gasteiger partial charge in [0, 0.05) is 6.04 Å². The van der Waals surface area contributed by atoms with Crippen molar-refractivity contribution in [3.8, 4) is 0 Å². The number of hydrogen-bond donors (Lipinski definition) is 0. The monoisotopic (exact) mass is 195 g/mol. The van der Waals surface area contributed by atoms with Crippen molar-refractivity contribution in [2.45, 2.75) is 64.8 Å². The van der Waals surface area contributed by atoms with E-state index in [-0.39, 0.29) is 0 Å². The summed E-state index contributed by atoms with van der Waals surface area (Å²) in [6.07, 6.45) is 10.5. The van der Waals surface area contributed by atoms with Crippen molar-refractivity contribution in [3.05, 3.63) is 0 Å². The molecule has 1 heterocycles. The van der Waals surface area contributed by atoms with E-state index >= 15 is 0 Å². The molecule has 0 bridgehead atoms. The lowest BCUT2D eigenvalue weighted by molar-refractivity contribution is 0.0529. The SMILES string of the molecule is CC(C)N1CCC2(CCCCC2)CC1.